The van der Waals surface area contributed by atoms with Gasteiger partial charge in [0.05, 0.1) is 24.4 Å². The normalized spacial score (nSPS) is 19.8. The number of rotatable bonds is 6. The molecule has 9 heteroatoms. The first kappa shape index (κ1) is 17.9. The number of amides is 1. The highest BCUT2D eigenvalue weighted by atomic mass is 16.5. The Morgan fingerprint density at radius 3 is 2.85 bits per heavy atom. The number of nitrogens with one attached hydrogen (secondary N) is 2. The van der Waals surface area contributed by atoms with Crippen LogP contribution < -0.4 is 10.9 Å². The van der Waals surface area contributed by atoms with E-state index < -0.39 is 30.6 Å². The largest absolute Gasteiger partial charge is 0.480 e. The van der Waals surface area contributed by atoms with Gasteiger partial charge in [-0.3, -0.25) is 14.7 Å². The maximum Gasteiger partial charge on any atom is 0.329 e. The predicted molar refractivity (Wildman–Crippen MR) is 90.5 cm³/mol. The van der Waals surface area contributed by atoms with Crippen molar-refractivity contribution >= 4 is 11.9 Å². The number of hydrogen-bond acceptors (Lipinski definition) is 5. The average molecular weight is 361 g/mol. The summed E-state index contributed by atoms with van der Waals surface area (Å²) >= 11 is 0. The fourth-order valence-electron chi connectivity index (χ4n) is 2.76. The predicted octanol–water partition coefficient (Wildman–Crippen LogP) is 0.154. The number of para-hydroxylation sites is 1. The molecule has 2 heterocycles. The Hall–Kier alpha value is -2.91. The van der Waals surface area contributed by atoms with E-state index in [1.54, 1.807) is 24.3 Å². The van der Waals surface area contributed by atoms with Gasteiger partial charge in [-0.2, -0.15) is 0 Å². The number of hydrogen-bond donors (Lipinski definition) is 3. The van der Waals surface area contributed by atoms with E-state index in [4.69, 9.17) is 14.6 Å². The highest BCUT2D eigenvalue weighted by molar-refractivity contribution is 5.92. The van der Waals surface area contributed by atoms with Gasteiger partial charge in [0.1, 0.15) is 12.3 Å². The molecule has 0 aliphatic carbocycles. The molecule has 0 bridgehead atoms. The Kier molecular flexibility index (Phi) is 5.49. The van der Waals surface area contributed by atoms with Gasteiger partial charge >= 0.3 is 5.97 Å². The number of carbonyl (C=O) groups excluding carboxylic acids is 1. The van der Waals surface area contributed by atoms with Crippen LogP contribution in [0, 0.1) is 0 Å². The number of ether oxygens (including phenoxy) is 2. The Morgan fingerprint density at radius 2 is 2.12 bits per heavy atom. The van der Waals surface area contributed by atoms with E-state index in [-0.39, 0.29) is 17.9 Å². The fraction of sp³-hybridized carbons (Fsp3) is 0.353. The number of carboxylic acids is 1. The van der Waals surface area contributed by atoms with E-state index in [1.807, 2.05) is 6.07 Å². The number of benzene rings is 1. The zero-order valence-corrected chi connectivity index (χ0v) is 13.9. The lowest BCUT2D eigenvalue weighted by Gasteiger charge is -2.31. The SMILES string of the molecule is O=C(O)CO[C@H]1CCOC[C@H]1NC(=O)c1cc(=O)n(-c2ccccc2)[nH]1. The van der Waals surface area contributed by atoms with Gasteiger partial charge in [-0.1, -0.05) is 18.2 Å². The second-order valence-corrected chi connectivity index (χ2v) is 5.87. The second kappa shape index (κ2) is 7.98. The smallest absolute Gasteiger partial charge is 0.329 e. The molecule has 26 heavy (non-hydrogen) atoms. The van der Waals surface area contributed by atoms with Crippen LogP contribution in [-0.2, 0) is 14.3 Å². The van der Waals surface area contributed by atoms with Gasteiger partial charge in [0.25, 0.3) is 11.5 Å². The number of aromatic nitrogens is 2. The fourth-order valence-corrected chi connectivity index (χ4v) is 2.76. The second-order valence-electron chi connectivity index (χ2n) is 5.87. The number of nitrogens with zero attached hydrogens (tertiary/aromatic N) is 1. The molecule has 9 nitrogen and oxygen atoms in total. The number of carbonyl (C=O) groups is 2. The Morgan fingerprint density at radius 1 is 1.35 bits per heavy atom. The Bertz CT molecular complexity index is 829. The molecule has 1 aliphatic rings. The molecule has 2 atom stereocenters. The standard InChI is InChI=1S/C17H19N3O6/c21-15-8-12(19-20(15)11-4-2-1-3-5-11)17(24)18-13-9-25-7-6-14(13)26-10-16(22)23/h1-5,8,13-14,19H,6-7,9-10H2,(H,18,24)(H,22,23)/t13-,14+/m1/s1. The lowest BCUT2D eigenvalue weighted by molar-refractivity contribution is -0.147. The summed E-state index contributed by atoms with van der Waals surface area (Å²) in [5.41, 5.74) is 0.349. The van der Waals surface area contributed by atoms with Crippen molar-refractivity contribution in [1.29, 1.82) is 0 Å². The van der Waals surface area contributed by atoms with Crippen molar-refractivity contribution in [2.24, 2.45) is 0 Å². The minimum absolute atomic E-state index is 0.0985. The van der Waals surface area contributed by atoms with Gasteiger partial charge < -0.3 is 19.9 Å². The zero-order valence-electron chi connectivity index (χ0n) is 13.9. The van der Waals surface area contributed by atoms with Gasteiger partial charge in [0.15, 0.2) is 0 Å². The summed E-state index contributed by atoms with van der Waals surface area (Å²) in [6, 6.07) is 9.58. The molecule has 1 fully saturated rings. The number of aliphatic carboxylic acids is 1. The summed E-state index contributed by atoms with van der Waals surface area (Å²) < 4.78 is 11.9. The van der Waals surface area contributed by atoms with E-state index in [9.17, 15) is 14.4 Å². The highest BCUT2D eigenvalue weighted by Gasteiger charge is 2.29. The maximum atomic E-state index is 12.5. The summed E-state index contributed by atoms with van der Waals surface area (Å²) in [6.07, 6.45) is 0.00601. The first-order valence-electron chi connectivity index (χ1n) is 8.14. The number of aromatic amines is 1. The Labute approximate surface area is 148 Å². The maximum absolute atomic E-state index is 12.5. The third-order valence-corrected chi connectivity index (χ3v) is 4.01. The van der Waals surface area contributed by atoms with Crippen molar-refractivity contribution in [3.05, 3.63) is 52.4 Å². The van der Waals surface area contributed by atoms with E-state index in [2.05, 4.69) is 10.4 Å². The molecule has 0 spiro atoms. The van der Waals surface area contributed by atoms with E-state index in [0.29, 0.717) is 18.7 Å². The lowest BCUT2D eigenvalue weighted by atomic mass is 10.1. The molecule has 0 unspecified atom stereocenters. The number of H-pyrrole nitrogens is 1. The van der Waals surface area contributed by atoms with Crippen LogP contribution >= 0.6 is 0 Å². The van der Waals surface area contributed by atoms with E-state index >= 15 is 0 Å². The van der Waals surface area contributed by atoms with Crippen LogP contribution in [0.4, 0.5) is 0 Å². The molecule has 0 saturated carbocycles. The zero-order chi connectivity index (χ0) is 18.5. The van der Waals surface area contributed by atoms with Crippen molar-refractivity contribution < 1.29 is 24.2 Å². The molecule has 1 aliphatic heterocycles. The average Bonchev–Trinajstić information content (AvgIpc) is 3.03. The van der Waals surface area contributed by atoms with Crippen LogP contribution in [0.2, 0.25) is 0 Å². The van der Waals surface area contributed by atoms with Crippen LogP contribution in [0.1, 0.15) is 16.9 Å². The van der Waals surface area contributed by atoms with Gasteiger partial charge in [-0.15, -0.1) is 0 Å². The molecule has 138 valence electrons. The lowest BCUT2D eigenvalue weighted by Crippen LogP contribution is -2.51. The van der Waals surface area contributed by atoms with Crippen LogP contribution in [-0.4, -0.2) is 58.7 Å². The topological polar surface area (TPSA) is 123 Å². The van der Waals surface area contributed by atoms with Gasteiger partial charge in [0, 0.05) is 12.7 Å². The van der Waals surface area contributed by atoms with Crippen LogP contribution in [0.5, 0.6) is 0 Å². The minimum atomic E-state index is -1.08. The van der Waals surface area contributed by atoms with Crippen molar-refractivity contribution in [3.8, 4) is 5.69 Å². The molecule has 1 aromatic heterocycles. The van der Waals surface area contributed by atoms with Gasteiger partial charge in [0.2, 0.25) is 0 Å². The summed E-state index contributed by atoms with van der Waals surface area (Å²) in [5.74, 6) is -1.57. The van der Waals surface area contributed by atoms with E-state index in [0.717, 1.165) is 0 Å². The van der Waals surface area contributed by atoms with Gasteiger partial charge in [-0.25, -0.2) is 9.48 Å². The Balaban J connectivity index is 1.71. The van der Waals surface area contributed by atoms with Crippen LogP contribution in [0.15, 0.2) is 41.2 Å². The molecular formula is C17H19N3O6. The van der Waals surface area contributed by atoms with Gasteiger partial charge in [-0.05, 0) is 18.6 Å². The molecule has 1 aromatic carbocycles. The molecule has 0 radical (unpaired) electrons. The minimum Gasteiger partial charge on any atom is -0.480 e. The molecule has 3 rings (SSSR count). The van der Waals surface area contributed by atoms with Crippen molar-refractivity contribution in [1.82, 2.24) is 15.1 Å². The molecule has 2 aromatic rings. The monoisotopic (exact) mass is 361 g/mol. The third-order valence-electron chi connectivity index (χ3n) is 4.01. The van der Waals surface area contributed by atoms with Crippen LogP contribution in [0.3, 0.4) is 0 Å². The number of carboxylic acid groups (broad SMARTS) is 1. The summed E-state index contributed by atoms with van der Waals surface area (Å²) in [6.45, 7) is 0.190. The first-order chi connectivity index (χ1) is 12.5. The molecule has 1 saturated heterocycles. The van der Waals surface area contributed by atoms with E-state index in [1.165, 1.54) is 10.7 Å². The third kappa shape index (κ3) is 4.19. The summed E-state index contributed by atoms with van der Waals surface area (Å²) in [5, 5.41) is 14.2. The van der Waals surface area contributed by atoms with Crippen molar-refractivity contribution in [3.63, 3.8) is 0 Å². The summed E-state index contributed by atoms with van der Waals surface area (Å²) in [7, 11) is 0. The quantitative estimate of drug-likeness (QED) is 0.673. The molecular weight excluding hydrogens is 342 g/mol. The van der Waals surface area contributed by atoms with Crippen molar-refractivity contribution in [2.75, 3.05) is 19.8 Å². The highest BCUT2D eigenvalue weighted by Crippen LogP contribution is 2.13. The molecule has 3 N–H and O–H groups in total. The summed E-state index contributed by atoms with van der Waals surface area (Å²) in [4.78, 5) is 35.3. The first-order valence-corrected chi connectivity index (χ1v) is 8.14. The molecule has 1 amide bonds. The van der Waals surface area contributed by atoms with Crippen molar-refractivity contribution in [2.45, 2.75) is 18.6 Å². The van der Waals surface area contributed by atoms with Crippen LogP contribution in [0.25, 0.3) is 5.69 Å².